The van der Waals surface area contributed by atoms with Crippen LogP contribution in [0.25, 0.3) is 11.0 Å². The fourth-order valence-electron chi connectivity index (χ4n) is 2.00. The van der Waals surface area contributed by atoms with Crippen LogP contribution in [0.1, 0.15) is 28.3 Å². The summed E-state index contributed by atoms with van der Waals surface area (Å²) in [5, 5.41) is 0.568. The summed E-state index contributed by atoms with van der Waals surface area (Å²) in [6, 6.07) is 3.44. The van der Waals surface area contributed by atoms with Crippen LogP contribution >= 0.6 is 22.6 Å². The fourth-order valence-corrected chi connectivity index (χ4v) is 2.51. The molecule has 0 amide bonds. The smallest absolute Gasteiger partial charge is 0.345 e. The highest BCUT2D eigenvalue weighted by molar-refractivity contribution is 14.1. The number of alkyl halides is 1. The van der Waals surface area contributed by atoms with Gasteiger partial charge in [0.05, 0.1) is 16.3 Å². The van der Waals surface area contributed by atoms with E-state index < -0.39 is 11.5 Å². The van der Waals surface area contributed by atoms with E-state index in [-0.39, 0.29) is 21.9 Å². The molecular formula is C13H14IN3O3. The number of nitrogens with zero attached hydrogens (tertiary/aromatic N) is 2. The third kappa shape index (κ3) is 2.37. The zero-order chi connectivity index (χ0) is 14.9. The minimum Gasteiger partial charge on any atom is -0.462 e. The number of carbonyl (C=O) groups excluding carboxylic acids is 1. The molecule has 106 valence electrons. The van der Waals surface area contributed by atoms with Crippen molar-refractivity contribution < 1.29 is 9.53 Å². The standard InChI is InChI=1S/C13H14IN3O3/c1-3-20-13(19)9-10(15)8-5-4-6-16-11(8)17(7(2)14)12(9)18/h4-7H,3,15H2,1-2H3. The molecule has 20 heavy (non-hydrogen) atoms. The summed E-state index contributed by atoms with van der Waals surface area (Å²) in [7, 11) is 0. The molecule has 0 bridgehead atoms. The van der Waals surface area contributed by atoms with Crippen LogP contribution < -0.4 is 11.3 Å². The average Bonchev–Trinajstić information content (AvgIpc) is 2.38. The molecule has 0 radical (unpaired) electrons. The molecule has 0 spiro atoms. The number of hydrogen-bond donors (Lipinski definition) is 1. The normalized spacial score (nSPS) is 12.3. The maximum Gasteiger partial charge on any atom is 0.345 e. The number of halogens is 1. The predicted octanol–water partition coefficient (Wildman–Crippen LogP) is 2.11. The molecular weight excluding hydrogens is 373 g/mol. The van der Waals surface area contributed by atoms with Crippen molar-refractivity contribution >= 4 is 45.3 Å². The summed E-state index contributed by atoms with van der Waals surface area (Å²) in [5.41, 5.74) is 5.94. The first-order valence-electron chi connectivity index (χ1n) is 6.08. The van der Waals surface area contributed by atoms with Crippen molar-refractivity contribution in [2.75, 3.05) is 12.3 Å². The summed E-state index contributed by atoms with van der Waals surface area (Å²) >= 11 is 2.09. The highest BCUT2D eigenvalue weighted by Crippen LogP contribution is 2.25. The highest BCUT2D eigenvalue weighted by atomic mass is 127. The number of hydrogen-bond acceptors (Lipinski definition) is 5. The lowest BCUT2D eigenvalue weighted by molar-refractivity contribution is 0.0525. The lowest BCUT2D eigenvalue weighted by Gasteiger charge is -2.15. The molecule has 2 aromatic heterocycles. The number of nitrogen functional groups attached to an aromatic ring is 1. The number of anilines is 1. The monoisotopic (exact) mass is 387 g/mol. The molecule has 0 aliphatic carbocycles. The van der Waals surface area contributed by atoms with Crippen LogP contribution in [-0.4, -0.2) is 22.1 Å². The molecule has 2 heterocycles. The molecule has 1 atom stereocenters. The number of nitrogens with two attached hydrogens (primary N) is 1. The van der Waals surface area contributed by atoms with Crippen LogP contribution in [0.3, 0.4) is 0 Å². The second-order valence-corrected chi connectivity index (χ2v) is 5.94. The molecule has 0 saturated carbocycles. The van der Waals surface area contributed by atoms with Crippen LogP contribution in [0.15, 0.2) is 23.1 Å². The Morgan fingerprint density at radius 1 is 1.60 bits per heavy atom. The maximum atomic E-state index is 12.5. The van der Waals surface area contributed by atoms with Crippen molar-refractivity contribution in [2.45, 2.75) is 17.9 Å². The van der Waals surface area contributed by atoms with Gasteiger partial charge in [0.1, 0.15) is 11.2 Å². The van der Waals surface area contributed by atoms with Gasteiger partial charge in [0, 0.05) is 11.6 Å². The molecule has 0 aliphatic rings. The molecule has 0 saturated heterocycles. The zero-order valence-electron chi connectivity index (χ0n) is 11.1. The Morgan fingerprint density at radius 3 is 2.90 bits per heavy atom. The number of ether oxygens (including phenoxy) is 1. The number of aromatic nitrogens is 2. The van der Waals surface area contributed by atoms with Gasteiger partial charge in [0.25, 0.3) is 5.56 Å². The lowest BCUT2D eigenvalue weighted by atomic mass is 10.1. The summed E-state index contributed by atoms with van der Waals surface area (Å²) in [6.45, 7) is 3.69. The van der Waals surface area contributed by atoms with Gasteiger partial charge in [-0.25, -0.2) is 9.78 Å². The Bertz CT molecular complexity index is 725. The molecule has 0 aromatic carbocycles. The topological polar surface area (TPSA) is 87.2 Å². The third-order valence-corrected chi connectivity index (χ3v) is 3.40. The van der Waals surface area contributed by atoms with E-state index in [1.54, 1.807) is 25.3 Å². The van der Waals surface area contributed by atoms with Crippen molar-refractivity contribution in [1.82, 2.24) is 9.55 Å². The maximum absolute atomic E-state index is 12.5. The average molecular weight is 387 g/mol. The van der Waals surface area contributed by atoms with Crippen LogP contribution in [0.4, 0.5) is 5.69 Å². The first kappa shape index (κ1) is 14.8. The van der Waals surface area contributed by atoms with Gasteiger partial charge in [-0.3, -0.25) is 9.36 Å². The number of fused-ring (bicyclic) bond motifs is 1. The molecule has 2 rings (SSSR count). The van der Waals surface area contributed by atoms with Crippen molar-refractivity contribution in [3.8, 4) is 0 Å². The van der Waals surface area contributed by atoms with E-state index in [1.165, 1.54) is 4.57 Å². The highest BCUT2D eigenvalue weighted by Gasteiger charge is 2.23. The molecule has 0 fully saturated rings. The van der Waals surface area contributed by atoms with Crippen LogP contribution in [0.5, 0.6) is 0 Å². The lowest BCUT2D eigenvalue weighted by Crippen LogP contribution is -2.30. The van der Waals surface area contributed by atoms with Gasteiger partial charge in [-0.15, -0.1) is 0 Å². The van der Waals surface area contributed by atoms with Gasteiger partial charge in [0.2, 0.25) is 0 Å². The number of carbonyl (C=O) groups is 1. The second kappa shape index (κ2) is 5.78. The zero-order valence-corrected chi connectivity index (χ0v) is 13.2. The van der Waals surface area contributed by atoms with Crippen molar-refractivity contribution in [2.24, 2.45) is 0 Å². The fraction of sp³-hybridized carbons (Fsp3) is 0.308. The van der Waals surface area contributed by atoms with E-state index in [1.807, 2.05) is 6.92 Å². The Balaban J connectivity index is 2.90. The Morgan fingerprint density at radius 2 is 2.30 bits per heavy atom. The number of pyridine rings is 2. The molecule has 2 aromatic rings. The summed E-state index contributed by atoms with van der Waals surface area (Å²) in [6.07, 6.45) is 1.58. The quantitative estimate of drug-likeness (QED) is 0.495. The molecule has 1 unspecified atom stereocenters. The minimum atomic E-state index is -0.702. The van der Waals surface area contributed by atoms with Crippen molar-refractivity contribution in [3.05, 3.63) is 34.2 Å². The number of esters is 1. The van der Waals surface area contributed by atoms with Gasteiger partial charge >= 0.3 is 5.97 Å². The van der Waals surface area contributed by atoms with Gasteiger partial charge < -0.3 is 10.5 Å². The van der Waals surface area contributed by atoms with Crippen molar-refractivity contribution in [3.63, 3.8) is 0 Å². The van der Waals surface area contributed by atoms with E-state index in [9.17, 15) is 9.59 Å². The Hall–Kier alpha value is -1.64. The molecule has 2 N–H and O–H groups in total. The van der Waals surface area contributed by atoms with Crippen LogP contribution in [0, 0.1) is 0 Å². The van der Waals surface area contributed by atoms with Gasteiger partial charge in [-0.2, -0.15) is 0 Å². The van der Waals surface area contributed by atoms with E-state index >= 15 is 0 Å². The van der Waals surface area contributed by atoms with Crippen LogP contribution in [0.2, 0.25) is 0 Å². The molecule has 7 heteroatoms. The van der Waals surface area contributed by atoms with E-state index in [4.69, 9.17) is 10.5 Å². The second-order valence-electron chi connectivity index (χ2n) is 4.13. The summed E-state index contributed by atoms with van der Waals surface area (Å²) < 4.78 is 6.19. The van der Waals surface area contributed by atoms with Gasteiger partial charge in [-0.1, -0.05) is 22.6 Å². The van der Waals surface area contributed by atoms with E-state index in [0.29, 0.717) is 11.0 Å². The van der Waals surface area contributed by atoms with Gasteiger partial charge in [0.15, 0.2) is 0 Å². The third-order valence-electron chi connectivity index (χ3n) is 2.84. The number of rotatable bonds is 3. The summed E-state index contributed by atoms with van der Waals surface area (Å²) in [5.74, 6) is -0.702. The Kier molecular flexibility index (Phi) is 4.26. The minimum absolute atomic E-state index is 0.116. The van der Waals surface area contributed by atoms with Gasteiger partial charge in [-0.05, 0) is 26.0 Å². The molecule has 0 aliphatic heterocycles. The Labute approximate surface area is 129 Å². The molecule has 6 nitrogen and oxygen atoms in total. The van der Waals surface area contributed by atoms with Crippen LogP contribution in [-0.2, 0) is 4.74 Å². The largest absolute Gasteiger partial charge is 0.462 e. The first-order chi connectivity index (χ1) is 9.49. The van der Waals surface area contributed by atoms with E-state index in [0.717, 1.165) is 0 Å². The predicted molar refractivity (Wildman–Crippen MR) is 85.1 cm³/mol. The first-order valence-corrected chi connectivity index (χ1v) is 7.33. The van der Waals surface area contributed by atoms with Crippen molar-refractivity contribution in [1.29, 1.82) is 0 Å². The summed E-state index contributed by atoms with van der Waals surface area (Å²) in [4.78, 5) is 28.7. The SMILES string of the molecule is CCOC(=O)c1c(N)c2cccnc2n(C(C)I)c1=O. The van der Waals surface area contributed by atoms with E-state index in [2.05, 4.69) is 27.6 Å².